The molecule has 0 saturated heterocycles. The second kappa shape index (κ2) is 82.5. The Hall–Kier alpha value is -2.52. The monoisotopic (exact) mass is 1460 g/mol. The third-order valence-corrected chi connectivity index (χ3v) is 22.3. The van der Waals surface area contributed by atoms with Crippen LogP contribution in [0.1, 0.15) is 464 Å². The minimum Gasteiger partial charge on any atom is -0.765 e. The van der Waals surface area contributed by atoms with E-state index in [0.29, 0.717) is 23.6 Å². The number of rotatable bonds is 73. The minimum absolute atomic E-state index is 0.185. The van der Waals surface area contributed by atoms with Gasteiger partial charge in [-0.3, -0.25) is 0 Å². The van der Waals surface area contributed by atoms with Crippen molar-refractivity contribution in [3.63, 3.8) is 0 Å². The SMILES string of the molecule is CCCCCCCCCCCCCCCCCCC([NH3+])CCCCCCCCCCCCCCCCCC.CCCCCCCCCCCCCCCCCCC([NH3+])CCCCCCCCCCCCCCCCCC.O=S(=O)([O-])c1ccccc1.[O-]P(Oc1ccccc1)Oc1ccccc1. The van der Waals surface area contributed by atoms with Crippen LogP contribution in [0.3, 0.4) is 0 Å². The molecule has 10 heteroatoms. The van der Waals surface area contributed by atoms with Crippen molar-refractivity contribution in [2.45, 2.75) is 481 Å². The molecule has 102 heavy (non-hydrogen) atoms. The van der Waals surface area contributed by atoms with E-state index in [4.69, 9.17) is 9.05 Å². The molecule has 0 amide bonds. The molecule has 0 aromatic heterocycles. The van der Waals surface area contributed by atoms with Crippen LogP contribution >= 0.6 is 8.60 Å². The van der Waals surface area contributed by atoms with Crippen molar-refractivity contribution in [3.05, 3.63) is 91.0 Å². The van der Waals surface area contributed by atoms with Gasteiger partial charge in [0.1, 0.15) is 21.6 Å². The van der Waals surface area contributed by atoms with E-state index < -0.39 is 18.7 Å². The van der Waals surface area contributed by atoms with E-state index in [1.807, 2.05) is 12.1 Å². The molecule has 8 nitrogen and oxygen atoms in total. The molecule has 0 radical (unpaired) electrons. The van der Waals surface area contributed by atoms with E-state index >= 15 is 0 Å². The molecule has 0 fully saturated rings. The Morgan fingerprint density at radius 2 is 0.412 bits per heavy atom. The van der Waals surface area contributed by atoms with Gasteiger partial charge in [0.05, 0.1) is 17.0 Å². The highest BCUT2D eigenvalue weighted by atomic mass is 32.2. The van der Waals surface area contributed by atoms with Gasteiger partial charge < -0.3 is 30.0 Å². The maximum Gasteiger partial charge on any atom is 0.210 e. The first-order chi connectivity index (χ1) is 50.1. The highest BCUT2D eigenvalue weighted by Gasteiger charge is 2.09. The summed E-state index contributed by atoms with van der Waals surface area (Å²) < 4.78 is 41.0. The van der Waals surface area contributed by atoms with Crippen LogP contribution in [0.15, 0.2) is 95.9 Å². The van der Waals surface area contributed by atoms with Gasteiger partial charge in [-0.1, -0.05) is 468 Å². The van der Waals surface area contributed by atoms with E-state index in [0.717, 1.165) is 0 Å². The van der Waals surface area contributed by atoms with Crippen LogP contribution in [-0.4, -0.2) is 25.1 Å². The highest BCUT2D eigenvalue weighted by Crippen LogP contribution is 2.32. The Morgan fingerprint density at radius 3 is 0.559 bits per heavy atom. The number of para-hydroxylation sites is 2. The molecule has 0 saturated carbocycles. The number of unbranched alkanes of at least 4 members (excludes halogenated alkanes) is 60. The lowest BCUT2D eigenvalue weighted by atomic mass is 10.00. The number of quaternary nitrogens is 2. The first-order valence-electron chi connectivity index (χ1n) is 44.7. The fourth-order valence-electron chi connectivity index (χ4n) is 14.0. The second-order valence-corrected chi connectivity index (χ2v) is 33.1. The maximum absolute atomic E-state index is 11.5. The van der Waals surface area contributed by atoms with Gasteiger partial charge in [-0.15, -0.1) is 0 Å². The third-order valence-electron chi connectivity index (χ3n) is 20.7. The van der Waals surface area contributed by atoms with Gasteiger partial charge in [0.15, 0.2) is 0 Å². The van der Waals surface area contributed by atoms with E-state index in [-0.39, 0.29) is 4.90 Å². The summed E-state index contributed by atoms with van der Waals surface area (Å²) in [5, 5.41) is 0. The van der Waals surface area contributed by atoms with Crippen LogP contribution in [0.4, 0.5) is 0 Å². The Morgan fingerprint density at radius 1 is 0.265 bits per heavy atom. The summed E-state index contributed by atoms with van der Waals surface area (Å²) in [5.41, 5.74) is 8.91. The number of hydrogen-bond donors (Lipinski definition) is 2. The zero-order chi connectivity index (χ0) is 74.1. The highest BCUT2D eigenvalue weighted by molar-refractivity contribution is 7.85. The molecule has 3 rings (SSSR count). The molecule has 596 valence electrons. The Bertz CT molecular complexity index is 1940. The average molecular weight is 1460 g/mol. The molecule has 0 aliphatic carbocycles. The molecule has 0 atom stereocenters. The van der Waals surface area contributed by atoms with Crippen LogP contribution in [0.2, 0.25) is 0 Å². The average Bonchev–Trinajstić information content (AvgIpc) is 0.941. The predicted molar refractivity (Wildman–Crippen MR) is 445 cm³/mol. The molecule has 3 aromatic carbocycles. The number of hydrogen-bond acceptors (Lipinski definition) is 6. The summed E-state index contributed by atoms with van der Waals surface area (Å²) in [7, 11) is -6.44. The van der Waals surface area contributed by atoms with E-state index in [2.05, 4.69) is 39.2 Å². The van der Waals surface area contributed by atoms with Gasteiger partial charge in [-0.25, -0.2) is 8.42 Å². The maximum atomic E-state index is 11.5. The first-order valence-corrected chi connectivity index (χ1v) is 47.2. The fourth-order valence-corrected chi connectivity index (χ4v) is 15.1. The molecular formula is C92H171N2O6PS. The lowest BCUT2D eigenvalue weighted by Crippen LogP contribution is -2.60. The van der Waals surface area contributed by atoms with Gasteiger partial charge >= 0.3 is 0 Å². The van der Waals surface area contributed by atoms with Crippen LogP contribution in [-0.2, 0) is 10.1 Å². The van der Waals surface area contributed by atoms with Crippen LogP contribution in [0.5, 0.6) is 11.5 Å². The molecular weight excluding hydrogens is 1290 g/mol. The van der Waals surface area contributed by atoms with Gasteiger partial charge in [0, 0.05) is 0 Å². The smallest absolute Gasteiger partial charge is 0.210 e. The van der Waals surface area contributed by atoms with E-state index in [1.165, 1.54) is 461 Å². The van der Waals surface area contributed by atoms with Crippen molar-refractivity contribution < 1.29 is 38.4 Å². The minimum atomic E-state index is -4.25. The lowest BCUT2D eigenvalue weighted by Gasteiger charge is -2.22. The Labute approximate surface area is 637 Å². The molecule has 6 N–H and O–H groups in total. The molecule has 0 bridgehead atoms. The summed E-state index contributed by atoms with van der Waals surface area (Å²) in [6.07, 6.45) is 99.1. The van der Waals surface area contributed by atoms with Crippen LogP contribution in [0.25, 0.3) is 0 Å². The van der Waals surface area contributed by atoms with Gasteiger partial charge in [0.2, 0.25) is 8.60 Å². The van der Waals surface area contributed by atoms with E-state index in [1.54, 1.807) is 54.6 Å². The van der Waals surface area contributed by atoms with Crippen LogP contribution in [0, 0.1) is 0 Å². The number of benzene rings is 3. The molecule has 0 aliphatic heterocycles. The normalized spacial score (nSPS) is 11.4. The standard InChI is InChI=1S/2C37H77N.C12H10O3P.C6H6O3S/c2*1-3-5-7-9-11-13-15-17-19-21-23-25-27-29-31-33-35-37(38)36-34-32-30-28-26-24-22-20-18-16-14-12-10-8-6-4-2;13-16(14-11-7-3-1-4-8-11)15-12-9-5-2-6-10-12;7-10(8,9)6-4-2-1-3-5-6/h2*37H,3-36,38H2,1-2H3;1-10H;1-5H,(H,7,8,9)/q;;-1;/p+1. The Kier molecular flexibility index (Phi) is 80.5. The zero-order valence-corrected chi connectivity index (χ0v) is 69.8. The molecule has 0 unspecified atom stereocenters. The topological polar surface area (TPSA) is 154 Å². The van der Waals surface area contributed by atoms with Crippen molar-refractivity contribution >= 4 is 18.7 Å². The van der Waals surface area contributed by atoms with Crippen molar-refractivity contribution in [2.75, 3.05) is 0 Å². The quantitative estimate of drug-likeness (QED) is 0.0326. The van der Waals surface area contributed by atoms with Crippen molar-refractivity contribution in [1.82, 2.24) is 0 Å². The van der Waals surface area contributed by atoms with Crippen LogP contribution < -0.4 is 25.4 Å². The molecule has 0 heterocycles. The van der Waals surface area contributed by atoms with E-state index in [9.17, 15) is 17.9 Å². The van der Waals surface area contributed by atoms with Crippen molar-refractivity contribution in [1.29, 1.82) is 0 Å². The summed E-state index contributed by atoms with van der Waals surface area (Å²) in [4.78, 5) is 11.3. The second-order valence-electron chi connectivity index (χ2n) is 30.9. The van der Waals surface area contributed by atoms with Crippen molar-refractivity contribution in [2.24, 2.45) is 0 Å². The van der Waals surface area contributed by atoms with Gasteiger partial charge in [-0.2, -0.15) is 0 Å². The predicted octanol–water partition coefficient (Wildman–Crippen LogP) is 29.1. The van der Waals surface area contributed by atoms with Gasteiger partial charge in [0.25, 0.3) is 0 Å². The molecule has 3 aromatic rings. The summed E-state index contributed by atoms with van der Waals surface area (Å²) >= 11 is 0. The first kappa shape index (κ1) is 99.5. The summed E-state index contributed by atoms with van der Waals surface area (Å²) in [5.74, 6) is 1.05. The Balaban J connectivity index is 0.00000148. The molecule has 0 aliphatic rings. The summed E-state index contributed by atoms with van der Waals surface area (Å²) in [6.45, 7) is 9.23. The fraction of sp³-hybridized carbons (Fsp3) is 0.804. The zero-order valence-electron chi connectivity index (χ0n) is 68.1. The lowest BCUT2D eigenvalue weighted by molar-refractivity contribution is -0.423. The van der Waals surface area contributed by atoms with Crippen molar-refractivity contribution in [3.8, 4) is 11.5 Å². The largest absolute Gasteiger partial charge is 0.765 e. The van der Waals surface area contributed by atoms with Gasteiger partial charge in [-0.05, 0) is 87.8 Å². The molecule has 0 spiro atoms. The summed E-state index contributed by atoms with van der Waals surface area (Å²) in [6, 6.07) is 26.5. The third kappa shape index (κ3) is 78.5.